The number of amidine groups is 2. The summed E-state index contributed by atoms with van der Waals surface area (Å²) in [6.07, 6.45) is -0.711. The Kier molecular flexibility index (Phi) is 4.02. The number of hydrogen-bond donors (Lipinski definition) is 0. The normalized spacial score (nSPS) is 23.3. The number of rotatable bonds is 0. The van der Waals surface area contributed by atoms with Gasteiger partial charge in [-0.3, -0.25) is 9.89 Å². The lowest BCUT2D eigenvalue weighted by atomic mass is 10.1. The van der Waals surface area contributed by atoms with Crippen molar-refractivity contribution in [2.24, 2.45) is 9.98 Å². The first-order valence-electron chi connectivity index (χ1n) is 8.62. The number of likely N-dealkylation sites (N-methyl/N-ethyl adjacent to an activating group) is 1. The SMILES string of the molecule is CC1C=CN2C(=N1)C(N1CCN(C)CC1)=Nc1ccc(C(F)(F)F)cc12. The Morgan fingerprint density at radius 2 is 1.81 bits per heavy atom. The Balaban J connectivity index is 1.79. The van der Waals surface area contributed by atoms with Crippen LogP contribution in [0.15, 0.2) is 40.5 Å². The Labute approximate surface area is 150 Å². The molecule has 26 heavy (non-hydrogen) atoms. The topological polar surface area (TPSA) is 34.4 Å². The molecule has 0 aliphatic carbocycles. The summed E-state index contributed by atoms with van der Waals surface area (Å²) in [6, 6.07) is 3.64. The minimum Gasteiger partial charge on any atom is -0.351 e. The van der Waals surface area contributed by atoms with Crippen molar-refractivity contribution in [3.8, 4) is 0 Å². The zero-order valence-electron chi connectivity index (χ0n) is 14.7. The summed E-state index contributed by atoms with van der Waals surface area (Å²) in [6.45, 7) is 5.41. The monoisotopic (exact) mass is 363 g/mol. The number of fused-ring (bicyclic) bond motifs is 3. The third kappa shape index (κ3) is 2.98. The quantitative estimate of drug-likeness (QED) is 0.710. The summed E-state index contributed by atoms with van der Waals surface area (Å²) in [5.41, 5.74) is 0.269. The van der Waals surface area contributed by atoms with Gasteiger partial charge < -0.3 is 9.80 Å². The van der Waals surface area contributed by atoms with Gasteiger partial charge in [0.05, 0.1) is 23.0 Å². The van der Waals surface area contributed by atoms with Crippen LogP contribution < -0.4 is 4.90 Å². The fourth-order valence-corrected chi connectivity index (χ4v) is 3.32. The van der Waals surface area contributed by atoms with E-state index in [4.69, 9.17) is 0 Å². The highest BCUT2D eigenvalue weighted by atomic mass is 19.4. The number of benzene rings is 1. The van der Waals surface area contributed by atoms with E-state index in [0.717, 1.165) is 44.1 Å². The van der Waals surface area contributed by atoms with E-state index >= 15 is 0 Å². The highest BCUT2D eigenvalue weighted by molar-refractivity contribution is 6.47. The highest BCUT2D eigenvalue weighted by Crippen LogP contribution is 2.40. The van der Waals surface area contributed by atoms with Gasteiger partial charge in [-0.05, 0) is 38.2 Å². The molecule has 1 saturated heterocycles. The number of halogens is 3. The van der Waals surface area contributed by atoms with Crippen molar-refractivity contribution in [1.29, 1.82) is 0 Å². The summed E-state index contributed by atoms with van der Waals surface area (Å²) in [4.78, 5) is 15.5. The van der Waals surface area contributed by atoms with E-state index in [1.807, 2.05) is 13.0 Å². The maximum absolute atomic E-state index is 13.1. The lowest BCUT2D eigenvalue weighted by molar-refractivity contribution is -0.137. The number of hydrogen-bond acceptors (Lipinski definition) is 5. The largest absolute Gasteiger partial charge is 0.416 e. The third-order valence-electron chi connectivity index (χ3n) is 4.86. The number of alkyl halides is 3. The first kappa shape index (κ1) is 17.1. The molecule has 0 amide bonds. The van der Waals surface area contributed by atoms with Crippen molar-refractivity contribution in [3.63, 3.8) is 0 Å². The van der Waals surface area contributed by atoms with Crippen molar-refractivity contribution in [3.05, 3.63) is 36.0 Å². The molecule has 1 atom stereocenters. The van der Waals surface area contributed by atoms with Crippen LogP contribution in [0.25, 0.3) is 0 Å². The van der Waals surface area contributed by atoms with E-state index in [1.165, 1.54) is 6.07 Å². The van der Waals surface area contributed by atoms with Crippen LogP contribution in [0.5, 0.6) is 0 Å². The summed E-state index contributed by atoms with van der Waals surface area (Å²) < 4.78 is 39.4. The van der Waals surface area contributed by atoms with Crippen LogP contribution in [0.3, 0.4) is 0 Å². The van der Waals surface area contributed by atoms with Crippen LogP contribution in [0.4, 0.5) is 24.5 Å². The first-order valence-corrected chi connectivity index (χ1v) is 8.62. The molecule has 3 aliphatic rings. The van der Waals surface area contributed by atoms with Gasteiger partial charge in [0.2, 0.25) is 0 Å². The summed E-state index contributed by atoms with van der Waals surface area (Å²) in [5, 5.41) is 0. The fourth-order valence-electron chi connectivity index (χ4n) is 3.32. The molecular formula is C18H20F3N5. The molecular weight excluding hydrogens is 343 g/mol. The molecule has 1 aromatic carbocycles. The van der Waals surface area contributed by atoms with Gasteiger partial charge in [0.1, 0.15) is 0 Å². The molecule has 0 aromatic heterocycles. The minimum absolute atomic E-state index is 0.0359. The van der Waals surface area contributed by atoms with Crippen molar-refractivity contribution in [2.75, 3.05) is 38.1 Å². The molecule has 5 nitrogen and oxygen atoms in total. The molecule has 3 aliphatic heterocycles. The van der Waals surface area contributed by atoms with Gasteiger partial charge in [-0.2, -0.15) is 13.2 Å². The second kappa shape index (κ2) is 6.12. The molecule has 0 bridgehead atoms. The lowest BCUT2D eigenvalue weighted by Gasteiger charge is -2.39. The first-order chi connectivity index (χ1) is 12.3. The van der Waals surface area contributed by atoms with Gasteiger partial charge in [-0.15, -0.1) is 0 Å². The van der Waals surface area contributed by atoms with Crippen LogP contribution in [0.1, 0.15) is 12.5 Å². The van der Waals surface area contributed by atoms with E-state index in [2.05, 4.69) is 26.8 Å². The molecule has 1 unspecified atom stereocenters. The maximum atomic E-state index is 13.1. The van der Waals surface area contributed by atoms with Crippen LogP contribution in [0, 0.1) is 0 Å². The average Bonchev–Trinajstić information content (AvgIpc) is 2.60. The zero-order chi connectivity index (χ0) is 18.5. The lowest BCUT2D eigenvalue weighted by Crippen LogP contribution is -2.53. The minimum atomic E-state index is -4.39. The van der Waals surface area contributed by atoms with E-state index in [0.29, 0.717) is 17.2 Å². The van der Waals surface area contributed by atoms with Gasteiger partial charge >= 0.3 is 6.18 Å². The molecule has 4 rings (SSSR count). The Bertz CT molecular complexity index is 804. The van der Waals surface area contributed by atoms with E-state index in [1.54, 1.807) is 11.1 Å². The van der Waals surface area contributed by atoms with Gasteiger partial charge in [-0.25, -0.2) is 4.99 Å². The second-order valence-electron chi connectivity index (χ2n) is 6.83. The summed E-state index contributed by atoms with van der Waals surface area (Å²) in [7, 11) is 2.07. The van der Waals surface area contributed by atoms with Gasteiger partial charge in [-0.1, -0.05) is 0 Å². The smallest absolute Gasteiger partial charge is 0.351 e. The molecule has 1 aromatic rings. The molecule has 138 valence electrons. The number of aliphatic imine (C=N–C) groups is 2. The third-order valence-corrected chi connectivity index (χ3v) is 4.86. The van der Waals surface area contributed by atoms with Crippen LogP contribution in [-0.2, 0) is 6.18 Å². The Morgan fingerprint density at radius 1 is 1.08 bits per heavy atom. The Hall–Kier alpha value is -2.35. The molecule has 0 spiro atoms. The fraction of sp³-hybridized carbons (Fsp3) is 0.444. The molecule has 1 fully saturated rings. The van der Waals surface area contributed by atoms with E-state index in [9.17, 15) is 13.2 Å². The molecule has 0 radical (unpaired) electrons. The van der Waals surface area contributed by atoms with E-state index in [-0.39, 0.29) is 6.04 Å². The van der Waals surface area contributed by atoms with Crippen molar-refractivity contribution in [2.45, 2.75) is 19.1 Å². The second-order valence-corrected chi connectivity index (χ2v) is 6.83. The predicted molar refractivity (Wildman–Crippen MR) is 96.1 cm³/mol. The molecule has 0 saturated carbocycles. The summed E-state index contributed by atoms with van der Waals surface area (Å²) in [5.74, 6) is 1.36. The van der Waals surface area contributed by atoms with E-state index < -0.39 is 11.7 Å². The van der Waals surface area contributed by atoms with Crippen LogP contribution >= 0.6 is 0 Å². The predicted octanol–water partition coefficient (Wildman–Crippen LogP) is 3.12. The van der Waals surface area contributed by atoms with Crippen molar-refractivity contribution in [1.82, 2.24) is 9.80 Å². The Morgan fingerprint density at radius 3 is 2.50 bits per heavy atom. The zero-order valence-corrected chi connectivity index (χ0v) is 14.7. The molecule has 8 heteroatoms. The van der Waals surface area contributed by atoms with Crippen LogP contribution in [-0.4, -0.2) is 60.7 Å². The molecule has 3 heterocycles. The molecule has 0 N–H and O–H groups in total. The number of nitrogens with zero attached hydrogens (tertiary/aromatic N) is 5. The van der Waals surface area contributed by atoms with Gasteiger partial charge in [0.15, 0.2) is 11.7 Å². The average molecular weight is 363 g/mol. The van der Waals surface area contributed by atoms with Crippen molar-refractivity contribution < 1.29 is 13.2 Å². The van der Waals surface area contributed by atoms with Crippen LogP contribution in [0.2, 0.25) is 0 Å². The van der Waals surface area contributed by atoms with Gasteiger partial charge in [0, 0.05) is 32.4 Å². The summed E-state index contributed by atoms with van der Waals surface area (Å²) >= 11 is 0. The van der Waals surface area contributed by atoms with Gasteiger partial charge in [0.25, 0.3) is 0 Å². The number of piperazine rings is 1. The van der Waals surface area contributed by atoms with Crippen molar-refractivity contribution >= 4 is 23.0 Å². The number of anilines is 1. The highest BCUT2D eigenvalue weighted by Gasteiger charge is 2.36. The standard InChI is InChI=1S/C18H20F3N5/c1-12-5-6-26-15-11-13(18(19,20)21)3-4-14(15)23-16(17(26)22-12)25-9-7-24(2)8-10-25/h3-6,11-12H,7-10H2,1-2H3. The maximum Gasteiger partial charge on any atom is 0.416 e.